The number of sulfonamides is 1. The third-order valence-corrected chi connectivity index (χ3v) is 8.46. The number of halogens is 1. The van der Waals surface area contributed by atoms with Gasteiger partial charge in [0.05, 0.1) is 10.8 Å². The van der Waals surface area contributed by atoms with Crippen molar-refractivity contribution in [2.24, 2.45) is 11.8 Å². The first kappa shape index (κ1) is 21.6. The van der Waals surface area contributed by atoms with Gasteiger partial charge in [0.25, 0.3) is 0 Å². The third-order valence-electron chi connectivity index (χ3n) is 6.04. The first-order chi connectivity index (χ1) is 13.3. The minimum atomic E-state index is -3.68. The van der Waals surface area contributed by atoms with Crippen LogP contribution in [0.4, 0.5) is 0 Å². The standard InChI is InChI=1S/C20H29ClN2O4S/c1-14-18(21)5-2-6-19(14)28(26,27)23-11-3-4-16(12-23)20(25)22-17-9-7-15(13-24)8-10-17/h2,5-6,15-17,24H,3-4,7-13H2,1H3,(H,22,25)/t15-,16-,17-/m0/s1. The molecule has 0 bridgehead atoms. The number of aliphatic hydroxyl groups is 1. The second kappa shape index (κ2) is 9.11. The molecule has 8 heteroatoms. The Bertz CT molecular complexity index is 806. The third kappa shape index (κ3) is 4.70. The maximum atomic E-state index is 13.1. The van der Waals surface area contributed by atoms with Crippen molar-refractivity contribution in [1.82, 2.24) is 9.62 Å². The van der Waals surface area contributed by atoms with Gasteiger partial charge in [-0.2, -0.15) is 4.31 Å². The molecule has 1 atom stereocenters. The lowest BCUT2D eigenvalue weighted by Crippen LogP contribution is -2.48. The zero-order chi connectivity index (χ0) is 20.3. The highest BCUT2D eigenvalue weighted by atomic mass is 35.5. The highest BCUT2D eigenvalue weighted by Crippen LogP contribution is 2.29. The number of carbonyl (C=O) groups excluding carboxylic acids is 1. The fourth-order valence-electron chi connectivity index (χ4n) is 4.19. The van der Waals surface area contributed by atoms with Crippen LogP contribution in [-0.2, 0) is 14.8 Å². The highest BCUT2D eigenvalue weighted by molar-refractivity contribution is 7.89. The predicted octanol–water partition coefficient (Wildman–Crippen LogP) is 2.72. The van der Waals surface area contributed by atoms with E-state index < -0.39 is 10.0 Å². The highest BCUT2D eigenvalue weighted by Gasteiger charge is 2.35. The summed E-state index contributed by atoms with van der Waals surface area (Å²) < 4.78 is 27.6. The van der Waals surface area contributed by atoms with E-state index in [-0.39, 0.29) is 35.9 Å². The Balaban J connectivity index is 1.65. The van der Waals surface area contributed by atoms with Gasteiger partial charge in [-0.1, -0.05) is 17.7 Å². The topological polar surface area (TPSA) is 86.7 Å². The Hall–Kier alpha value is -1.15. The van der Waals surface area contributed by atoms with Crippen molar-refractivity contribution >= 4 is 27.5 Å². The average molecular weight is 429 g/mol. The van der Waals surface area contributed by atoms with Crippen LogP contribution in [0, 0.1) is 18.8 Å². The van der Waals surface area contributed by atoms with E-state index in [1.807, 2.05) is 0 Å². The smallest absolute Gasteiger partial charge is 0.243 e. The molecule has 156 valence electrons. The van der Waals surface area contributed by atoms with Crippen LogP contribution in [0.1, 0.15) is 44.1 Å². The SMILES string of the molecule is Cc1c(Cl)cccc1S(=O)(=O)N1CCC[C@H](C(=O)N[C@H]2CC[C@H](CO)CC2)C1. The molecule has 1 amide bonds. The van der Waals surface area contributed by atoms with Crippen LogP contribution in [0.25, 0.3) is 0 Å². The number of rotatable bonds is 5. The molecule has 1 aliphatic heterocycles. The first-order valence-electron chi connectivity index (χ1n) is 9.99. The Morgan fingerprint density at radius 1 is 1.25 bits per heavy atom. The number of aliphatic hydroxyl groups excluding tert-OH is 1. The number of piperidine rings is 1. The van der Waals surface area contributed by atoms with Crippen LogP contribution >= 0.6 is 11.6 Å². The van der Waals surface area contributed by atoms with Crippen molar-refractivity contribution in [2.45, 2.75) is 56.4 Å². The van der Waals surface area contributed by atoms with E-state index in [0.717, 1.165) is 25.7 Å². The van der Waals surface area contributed by atoms with E-state index in [4.69, 9.17) is 11.6 Å². The van der Waals surface area contributed by atoms with Crippen LogP contribution in [0.2, 0.25) is 5.02 Å². The zero-order valence-corrected chi connectivity index (χ0v) is 17.8. The molecule has 28 heavy (non-hydrogen) atoms. The number of benzene rings is 1. The molecule has 2 fully saturated rings. The molecule has 1 aromatic carbocycles. The van der Waals surface area contributed by atoms with Gasteiger partial charge in [-0.3, -0.25) is 4.79 Å². The van der Waals surface area contributed by atoms with E-state index >= 15 is 0 Å². The van der Waals surface area contributed by atoms with Crippen LogP contribution in [0.15, 0.2) is 23.1 Å². The molecule has 1 saturated heterocycles. The number of nitrogens with zero attached hydrogens (tertiary/aromatic N) is 1. The zero-order valence-electron chi connectivity index (χ0n) is 16.2. The normalized spacial score (nSPS) is 26.8. The Morgan fingerprint density at radius 2 is 1.96 bits per heavy atom. The molecule has 0 unspecified atom stereocenters. The Labute approximate surface area is 172 Å². The number of hydrogen-bond donors (Lipinski definition) is 2. The predicted molar refractivity (Wildman–Crippen MR) is 109 cm³/mol. The number of hydrogen-bond acceptors (Lipinski definition) is 4. The van der Waals surface area contributed by atoms with Crippen molar-refractivity contribution < 1.29 is 18.3 Å². The van der Waals surface area contributed by atoms with E-state index in [9.17, 15) is 18.3 Å². The van der Waals surface area contributed by atoms with E-state index in [1.54, 1.807) is 25.1 Å². The van der Waals surface area contributed by atoms with Crippen molar-refractivity contribution in [3.8, 4) is 0 Å². The molecule has 1 heterocycles. The van der Waals surface area contributed by atoms with Crippen molar-refractivity contribution in [1.29, 1.82) is 0 Å². The van der Waals surface area contributed by atoms with E-state index in [2.05, 4.69) is 5.32 Å². The van der Waals surface area contributed by atoms with Gasteiger partial charge >= 0.3 is 0 Å². The summed E-state index contributed by atoms with van der Waals surface area (Å²) >= 11 is 6.10. The van der Waals surface area contributed by atoms with Gasteiger partial charge in [0.2, 0.25) is 15.9 Å². The molecular weight excluding hydrogens is 400 g/mol. The molecule has 6 nitrogen and oxygen atoms in total. The minimum Gasteiger partial charge on any atom is -0.396 e. The summed E-state index contributed by atoms with van der Waals surface area (Å²) in [5.41, 5.74) is 0.538. The molecule has 2 N–H and O–H groups in total. The molecule has 2 aliphatic rings. The van der Waals surface area contributed by atoms with Crippen LogP contribution in [0.3, 0.4) is 0 Å². The summed E-state index contributed by atoms with van der Waals surface area (Å²) in [6.07, 6.45) is 4.93. The van der Waals surface area contributed by atoms with Gasteiger partial charge in [0, 0.05) is 30.8 Å². The Morgan fingerprint density at radius 3 is 2.64 bits per heavy atom. The fourth-order valence-corrected chi connectivity index (χ4v) is 6.19. The molecule has 1 aliphatic carbocycles. The summed E-state index contributed by atoms with van der Waals surface area (Å²) in [6.45, 7) is 2.52. The lowest BCUT2D eigenvalue weighted by Gasteiger charge is -2.34. The maximum Gasteiger partial charge on any atom is 0.243 e. The number of nitrogens with one attached hydrogen (secondary N) is 1. The summed E-state index contributed by atoms with van der Waals surface area (Å²) in [5.74, 6) is -0.0573. The van der Waals surface area contributed by atoms with E-state index in [1.165, 1.54) is 4.31 Å². The molecule has 3 rings (SSSR count). The summed E-state index contributed by atoms with van der Waals surface area (Å²) in [7, 11) is -3.68. The van der Waals surface area contributed by atoms with Crippen molar-refractivity contribution in [2.75, 3.05) is 19.7 Å². The van der Waals surface area contributed by atoms with Gasteiger partial charge < -0.3 is 10.4 Å². The van der Waals surface area contributed by atoms with Gasteiger partial charge in [0.1, 0.15) is 0 Å². The molecular formula is C20H29ClN2O4S. The van der Waals surface area contributed by atoms with Crippen LogP contribution in [0.5, 0.6) is 0 Å². The summed E-state index contributed by atoms with van der Waals surface area (Å²) in [6, 6.07) is 5.00. The monoisotopic (exact) mass is 428 g/mol. The fraction of sp³-hybridized carbons (Fsp3) is 0.650. The second-order valence-electron chi connectivity index (χ2n) is 7.97. The second-order valence-corrected chi connectivity index (χ2v) is 10.3. The summed E-state index contributed by atoms with van der Waals surface area (Å²) in [5, 5.41) is 12.8. The lowest BCUT2D eigenvalue weighted by molar-refractivity contribution is -0.127. The van der Waals surface area contributed by atoms with Gasteiger partial charge in [-0.25, -0.2) is 8.42 Å². The van der Waals surface area contributed by atoms with E-state index in [0.29, 0.717) is 35.9 Å². The molecule has 1 saturated carbocycles. The van der Waals surface area contributed by atoms with Crippen molar-refractivity contribution in [3.05, 3.63) is 28.8 Å². The van der Waals surface area contributed by atoms with Gasteiger partial charge in [0.15, 0.2) is 0 Å². The number of amides is 1. The summed E-state index contributed by atoms with van der Waals surface area (Å²) in [4.78, 5) is 13.0. The Kier molecular flexibility index (Phi) is 7.02. The minimum absolute atomic E-state index is 0.0600. The molecule has 1 aromatic rings. The van der Waals surface area contributed by atoms with Gasteiger partial charge in [-0.15, -0.1) is 0 Å². The quantitative estimate of drug-likeness (QED) is 0.754. The average Bonchev–Trinajstić information content (AvgIpc) is 2.70. The number of carbonyl (C=O) groups is 1. The van der Waals surface area contributed by atoms with Gasteiger partial charge in [-0.05, 0) is 69.1 Å². The molecule has 0 aromatic heterocycles. The maximum absolute atomic E-state index is 13.1. The van der Waals surface area contributed by atoms with Crippen LogP contribution < -0.4 is 5.32 Å². The lowest BCUT2D eigenvalue weighted by atomic mass is 9.86. The largest absolute Gasteiger partial charge is 0.396 e. The molecule has 0 radical (unpaired) electrons. The first-order valence-corrected chi connectivity index (χ1v) is 11.8. The van der Waals surface area contributed by atoms with Crippen LogP contribution in [-0.4, -0.2) is 49.5 Å². The van der Waals surface area contributed by atoms with Crippen molar-refractivity contribution in [3.63, 3.8) is 0 Å². The molecule has 0 spiro atoms.